The van der Waals surface area contributed by atoms with Gasteiger partial charge < -0.3 is 19.3 Å². The molecule has 0 bridgehead atoms. The van der Waals surface area contributed by atoms with E-state index in [2.05, 4.69) is 33.9 Å². The number of anilines is 1. The molecule has 4 rings (SSSR count). The molecule has 2 heterocycles. The summed E-state index contributed by atoms with van der Waals surface area (Å²) in [6.07, 6.45) is 7.21. The SMILES string of the molecule is COc1ccnc(N2C[C@H]3C[C@@H](N(C)C)[C@H](OCC4CC4)C[C@H]3C2)n1. The van der Waals surface area contributed by atoms with E-state index in [0.717, 1.165) is 38.0 Å². The van der Waals surface area contributed by atoms with Crippen molar-refractivity contribution < 1.29 is 9.47 Å². The number of ether oxygens (including phenoxy) is 2. The van der Waals surface area contributed by atoms with E-state index in [1.165, 1.54) is 19.3 Å². The Labute approximate surface area is 150 Å². The highest BCUT2D eigenvalue weighted by molar-refractivity contribution is 5.34. The summed E-state index contributed by atoms with van der Waals surface area (Å²) in [6, 6.07) is 2.32. The van der Waals surface area contributed by atoms with Gasteiger partial charge in [-0.1, -0.05) is 0 Å². The standard InChI is InChI=1S/C19H30N4O2/c1-22(2)16-8-14-10-23(19-20-7-6-18(21-19)24-3)11-15(14)9-17(16)25-12-13-4-5-13/h6-7,13-17H,4-5,8-12H2,1-3H3/t14-,15+,16-,17-/m1/s1. The van der Waals surface area contributed by atoms with Crippen LogP contribution in [0.25, 0.3) is 0 Å². The Kier molecular flexibility index (Phi) is 4.82. The van der Waals surface area contributed by atoms with Gasteiger partial charge in [0.15, 0.2) is 0 Å². The number of fused-ring (bicyclic) bond motifs is 1. The smallest absolute Gasteiger partial charge is 0.228 e. The topological polar surface area (TPSA) is 50.7 Å². The van der Waals surface area contributed by atoms with Gasteiger partial charge in [0.05, 0.1) is 13.2 Å². The second-order valence-electron chi connectivity index (χ2n) is 8.14. The summed E-state index contributed by atoms with van der Waals surface area (Å²) >= 11 is 0. The molecule has 1 aliphatic heterocycles. The third-order valence-electron chi connectivity index (χ3n) is 6.10. The van der Waals surface area contributed by atoms with Crippen molar-refractivity contribution in [2.45, 2.75) is 37.8 Å². The Morgan fingerprint density at radius 3 is 2.64 bits per heavy atom. The van der Waals surface area contributed by atoms with Gasteiger partial charge in [0.1, 0.15) is 0 Å². The number of nitrogens with zero attached hydrogens (tertiary/aromatic N) is 4. The van der Waals surface area contributed by atoms with E-state index < -0.39 is 0 Å². The first-order valence-corrected chi connectivity index (χ1v) is 9.54. The van der Waals surface area contributed by atoms with Crippen LogP contribution in [0.1, 0.15) is 25.7 Å². The van der Waals surface area contributed by atoms with E-state index in [1.807, 2.05) is 0 Å². The zero-order valence-corrected chi connectivity index (χ0v) is 15.6. The lowest BCUT2D eigenvalue weighted by atomic mass is 9.77. The molecular formula is C19H30N4O2. The van der Waals surface area contributed by atoms with Crippen LogP contribution in [0.4, 0.5) is 5.95 Å². The van der Waals surface area contributed by atoms with Crippen LogP contribution in [-0.2, 0) is 4.74 Å². The molecule has 2 aliphatic carbocycles. The van der Waals surface area contributed by atoms with E-state index in [9.17, 15) is 0 Å². The Balaban J connectivity index is 1.44. The largest absolute Gasteiger partial charge is 0.481 e. The third kappa shape index (κ3) is 3.75. The van der Waals surface area contributed by atoms with Crippen molar-refractivity contribution in [3.8, 4) is 5.88 Å². The van der Waals surface area contributed by atoms with Gasteiger partial charge in [-0.05, 0) is 57.5 Å². The minimum Gasteiger partial charge on any atom is -0.481 e. The molecule has 1 aromatic heterocycles. The molecule has 25 heavy (non-hydrogen) atoms. The van der Waals surface area contributed by atoms with Crippen LogP contribution >= 0.6 is 0 Å². The molecule has 3 aliphatic rings. The molecule has 0 aromatic carbocycles. The molecule has 0 amide bonds. The molecule has 3 fully saturated rings. The van der Waals surface area contributed by atoms with Gasteiger partial charge >= 0.3 is 0 Å². The van der Waals surface area contributed by atoms with Crippen LogP contribution in [0.15, 0.2) is 12.3 Å². The summed E-state index contributed by atoms with van der Waals surface area (Å²) in [6.45, 7) is 3.02. The average Bonchev–Trinajstić information content (AvgIpc) is 3.36. The van der Waals surface area contributed by atoms with Crippen molar-refractivity contribution in [1.82, 2.24) is 14.9 Å². The quantitative estimate of drug-likeness (QED) is 0.786. The van der Waals surface area contributed by atoms with Crippen LogP contribution in [-0.4, -0.2) is 67.9 Å². The van der Waals surface area contributed by atoms with E-state index in [4.69, 9.17) is 9.47 Å². The summed E-state index contributed by atoms with van der Waals surface area (Å²) in [5.74, 6) is 3.63. The molecule has 1 saturated heterocycles. The zero-order valence-electron chi connectivity index (χ0n) is 15.6. The van der Waals surface area contributed by atoms with Gasteiger partial charge in [-0.3, -0.25) is 0 Å². The maximum absolute atomic E-state index is 6.36. The lowest BCUT2D eigenvalue weighted by molar-refractivity contribution is -0.0493. The monoisotopic (exact) mass is 346 g/mol. The highest BCUT2D eigenvalue weighted by atomic mass is 16.5. The average molecular weight is 346 g/mol. The van der Waals surface area contributed by atoms with Gasteiger partial charge in [0, 0.05) is 38.0 Å². The van der Waals surface area contributed by atoms with Gasteiger partial charge in [-0.25, -0.2) is 4.98 Å². The molecule has 6 heteroatoms. The molecule has 6 nitrogen and oxygen atoms in total. The maximum atomic E-state index is 6.36. The Morgan fingerprint density at radius 2 is 1.96 bits per heavy atom. The molecule has 138 valence electrons. The first kappa shape index (κ1) is 17.0. The van der Waals surface area contributed by atoms with Crippen molar-refractivity contribution in [2.24, 2.45) is 17.8 Å². The number of methoxy groups -OCH3 is 1. The Bertz CT molecular complexity index is 593. The first-order chi connectivity index (χ1) is 12.1. The highest BCUT2D eigenvalue weighted by Crippen LogP contribution is 2.40. The number of rotatable bonds is 6. The van der Waals surface area contributed by atoms with Crippen LogP contribution in [0.2, 0.25) is 0 Å². The minimum atomic E-state index is 0.364. The molecule has 0 unspecified atom stereocenters. The second kappa shape index (κ2) is 7.08. The molecule has 0 radical (unpaired) electrons. The summed E-state index contributed by atoms with van der Waals surface area (Å²) in [5.41, 5.74) is 0. The third-order valence-corrected chi connectivity index (χ3v) is 6.10. The fraction of sp³-hybridized carbons (Fsp3) is 0.789. The van der Waals surface area contributed by atoms with E-state index in [1.54, 1.807) is 19.4 Å². The van der Waals surface area contributed by atoms with Crippen LogP contribution in [0, 0.1) is 17.8 Å². The normalized spacial score (nSPS) is 32.1. The van der Waals surface area contributed by atoms with Gasteiger partial charge in [-0.15, -0.1) is 0 Å². The summed E-state index contributed by atoms with van der Waals surface area (Å²) < 4.78 is 11.6. The minimum absolute atomic E-state index is 0.364. The number of hydrogen-bond donors (Lipinski definition) is 0. The Morgan fingerprint density at radius 1 is 1.20 bits per heavy atom. The van der Waals surface area contributed by atoms with Gasteiger partial charge in [-0.2, -0.15) is 4.98 Å². The zero-order chi connectivity index (χ0) is 17.4. The van der Waals surface area contributed by atoms with E-state index in [-0.39, 0.29) is 0 Å². The lowest BCUT2D eigenvalue weighted by Gasteiger charge is -2.41. The van der Waals surface area contributed by atoms with Crippen molar-refractivity contribution in [1.29, 1.82) is 0 Å². The number of hydrogen-bond acceptors (Lipinski definition) is 6. The van der Waals surface area contributed by atoms with Crippen LogP contribution in [0.5, 0.6) is 5.88 Å². The van der Waals surface area contributed by atoms with Gasteiger partial charge in [0.25, 0.3) is 0 Å². The second-order valence-corrected chi connectivity index (χ2v) is 8.14. The fourth-order valence-corrected chi connectivity index (χ4v) is 4.42. The molecule has 1 aromatic rings. The van der Waals surface area contributed by atoms with Crippen molar-refractivity contribution in [3.63, 3.8) is 0 Å². The summed E-state index contributed by atoms with van der Waals surface area (Å²) in [7, 11) is 6.03. The molecule has 0 spiro atoms. The Hall–Kier alpha value is -1.40. The summed E-state index contributed by atoms with van der Waals surface area (Å²) in [4.78, 5) is 13.7. The van der Waals surface area contributed by atoms with Gasteiger partial charge in [0.2, 0.25) is 11.8 Å². The lowest BCUT2D eigenvalue weighted by Crippen LogP contribution is -2.48. The predicted molar refractivity (Wildman–Crippen MR) is 97.0 cm³/mol. The molecule has 2 saturated carbocycles. The van der Waals surface area contributed by atoms with Crippen molar-refractivity contribution in [2.75, 3.05) is 45.8 Å². The fourth-order valence-electron chi connectivity index (χ4n) is 4.42. The van der Waals surface area contributed by atoms with Crippen molar-refractivity contribution >= 4 is 5.95 Å². The molecular weight excluding hydrogens is 316 g/mol. The molecule has 4 atom stereocenters. The molecule has 0 N–H and O–H groups in total. The van der Waals surface area contributed by atoms with E-state index in [0.29, 0.717) is 29.9 Å². The maximum Gasteiger partial charge on any atom is 0.228 e. The number of likely N-dealkylation sites (N-methyl/N-ethyl adjacent to an activating group) is 1. The van der Waals surface area contributed by atoms with Crippen LogP contribution < -0.4 is 9.64 Å². The van der Waals surface area contributed by atoms with Crippen LogP contribution in [0.3, 0.4) is 0 Å². The predicted octanol–water partition coefficient (Wildman–Crippen LogP) is 2.06. The van der Waals surface area contributed by atoms with Crippen molar-refractivity contribution in [3.05, 3.63) is 12.3 Å². The van der Waals surface area contributed by atoms with E-state index >= 15 is 0 Å². The highest BCUT2D eigenvalue weighted by Gasteiger charge is 2.44. The number of aromatic nitrogens is 2. The first-order valence-electron chi connectivity index (χ1n) is 9.54. The summed E-state index contributed by atoms with van der Waals surface area (Å²) in [5, 5.41) is 0.